The van der Waals surface area contributed by atoms with E-state index in [9.17, 15) is 0 Å². The second kappa shape index (κ2) is 2.86. The van der Waals surface area contributed by atoms with Crippen molar-refractivity contribution in [3.8, 4) is 0 Å². The number of nitrogens with zero attached hydrogens (tertiary/aromatic N) is 3. The fraction of sp³-hybridized carbons (Fsp3) is 0.571. The summed E-state index contributed by atoms with van der Waals surface area (Å²) in [6.45, 7) is 0. The molecule has 0 spiro atoms. The van der Waals surface area contributed by atoms with Crippen LogP contribution in [0.15, 0.2) is 0 Å². The normalized spacial score (nSPS) is 16.4. The van der Waals surface area contributed by atoms with Crippen molar-refractivity contribution in [2.75, 3.05) is 5.73 Å². The van der Waals surface area contributed by atoms with Crippen LogP contribution in [-0.4, -0.2) is 15.0 Å². The van der Waals surface area contributed by atoms with Crippen LogP contribution in [-0.2, 0) is 6.42 Å². The zero-order valence-electron chi connectivity index (χ0n) is 6.50. The van der Waals surface area contributed by atoms with Crippen molar-refractivity contribution in [3.05, 3.63) is 11.1 Å². The molecule has 0 amide bonds. The zero-order chi connectivity index (χ0) is 8.55. The predicted octanol–water partition coefficient (Wildman–Crippen LogP) is 1.06. The van der Waals surface area contributed by atoms with Crippen molar-refractivity contribution < 1.29 is 0 Å². The van der Waals surface area contributed by atoms with Gasteiger partial charge in [0.1, 0.15) is 5.82 Å². The van der Waals surface area contributed by atoms with Crippen molar-refractivity contribution in [2.24, 2.45) is 5.92 Å². The van der Waals surface area contributed by atoms with E-state index in [2.05, 4.69) is 15.0 Å². The Bertz CT molecular complexity index is 277. The highest BCUT2D eigenvalue weighted by Gasteiger charge is 2.23. The van der Waals surface area contributed by atoms with E-state index in [0.717, 1.165) is 18.2 Å². The molecule has 5 heteroatoms. The topological polar surface area (TPSA) is 64.7 Å². The number of rotatable bonds is 2. The molecule has 0 unspecified atom stereocenters. The Morgan fingerprint density at radius 2 is 2.08 bits per heavy atom. The van der Waals surface area contributed by atoms with Crippen LogP contribution in [0.3, 0.4) is 0 Å². The van der Waals surface area contributed by atoms with Crippen molar-refractivity contribution in [1.82, 2.24) is 15.0 Å². The van der Waals surface area contributed by atoms with E-state index in [1.54, 1.807) is 0 Å². The van der Waals surface area contributed by atoms with Crippen LogP contribution in [0.4, 0.5) is 5.95 Å². The summed E-state index contributed by atoms with van der Waals surface area (Å²) in [4.78, 5) is 11.6. The zero-order valence-corrected chi connectivity index (χ0v) is 7.25. The number of hydrogen-bond acceptors (Lipinski definition) is 4. The molecule has 1 fully saturated rings. The monoisotopic (exact) mass is 184 g/mol. The van der Waals surface area contributed by atoms with Gasteiger partial charge in [0.25, 0.3) is 0 Å². The fourth-order valence-corrected chi connectivity index (χ4v) is 1.26. The highest BCUT2D eigenvalue weighted by molar-refractivity contribution is 6.28. The summed E-state index contributed by atoms with van der Waals surface area (Å²) in [5.41, 5.74) is 5.41. The molecule has 2 N–H and O–H groups in total. The molecule has 1 heterocycles. The first-order valence-corrected chi connectivity index (χ1v) is 4.28. The van der Waals surface area contributed by atoms with Gasteiger partial charge in [0, 0.05) is 6.42 Å². The molecule has 1 aliphatic rings. The van der Waals surface area contributed by atoms with Gasteiger partial charge in [-0.2, -0.15) is 9.97 Å². The van der Waals surface area contributed by atoms with E-state index in [0.29, 0.717) is 0 Å². The molecule has 0 bridgehead atoms. The van der Waals surface area contributed by atoms with Crippen LogP contribution in [0.1, 0.15) is 18.7 Å². The number of halogens is 1. The Labute approximate surface area is 75.2 Å². The third kappa shape index (κ3) is 1.82. The van der Waals surface area contributed by atoms with Crippen LogP contribution >= 0.6 is 11.6 Å². The number of nitrogens with two attached hydrogens (primary N) is 1. The van der Waals surface area contributed by atoms with Gasteiger partial charge in [-0.3, -0.25) is 0 Å². The van der Waals surface area contributed by atoms with Gasteiger partial charge in [0.2, 0.25) is 11.2 Å². The summed E-state index contributed by atoms with van der Waals surface area (Å²) in [7, 11) is 0. The Hall–Kier alpha value is -0.900. The number of hydrogen-bond donors (Lipinski definition) is 1. The van der Waals surface area contributed by atoms with Crippen LogP contribution in [0.5, 0.6) is 0 Å². The van der Waals surface area contributed by atoms with Crippen molar-refractivity contribution in [2.45, 2.75) is 19.3 Å². The molecular weight excluding hydrogens is 176 g/mol. The van der Waals surface area contributed by atoms with Crippen molar-refractivity contribution >= 4 is 17.5 Å². The molecule has 1 saturated carbocycles. The lowest BCUT2D eigenvalue weighted by atomic mass is 10.3. The molecule has 0 aliphatic heterocycles. The van der Waals surface area contributed by atoms with Gasteiger partial charge in [-0.25, -0.2) is 4.98 Å². The molecule has 0 radical (unpaired) electrons. The fourth-order valence-electron chi connectivity index (χ4n) is 1.08. The van der Waals surface area contributed by atoms with Gasteiger partial charge in [0.15, 0.2) is 0 Å². The van der Waals surface area contributed by atoms with Crippen LogP contribution in [0, 0.1) is 5.92 Å². The summed E-state index contributed by atoms with van der Waals surface area (Å²) < 4.78 is 0. The molecule has 1 aromatic rings. The maximum Gasteiger partial charge on any atom is 0.227 e. The molecule has 4 nitrogen and oxygen atoms in total. The third-order valence-corrected chi connectivity index (χ3v) is 2.01. The molecular formula is C7H9ClN4. The minimum atomic E-state index is 0.193. The number of aromatic nitrogens is 3. The van der Waals surface area contributed by atoms with E-state index in [-0.39, 0.29) is 11.2 Å². The van der Waals surface area contributed by atoms with Gasteiger partial charge in [-0.05, 0) is 30.4 Å². The van der Waals surface area contributed by atoms with Crippen molar-refractivity contribution in [1.29, 1.82) is 0 Å². The Morgan fingerprint density at radius 3 is 2.67 bits per heavy atom. The molecule has 0 aromatic carbocycles. The van der Waals surface area contributed by atoms with E-state index < -0.39 is 0 Å². The number of anilines is 1. The Kier molecular flexibility index (Phi) is 1.84. The number of nitrogen functional groups attached to an aromatic ring is 1. The first-order chi connectivity index (χ1) is 5.74. The Morgan fingerprint density at radius 1 is 1.33 bits per heavy atom. The molecule has 64 valence electrons. The second-order valence-electron chi connectivity index (χ2n) is 3.03. The predicted molar refractivity (Wildman–Crippen MR) is 45.7 cm³/mol. The summed E-state index contributed by atoms with van der Waals surface area (Å²) in [6.07, 6.45) is 3.42. The van der Waals surface area contributed by atoms with Crippen LogP contribution in [0.25, 0.3) is 0 Å². The smallest absolute Gasteiger partial charge is 0.227 e. The van der Waals surface area contributed by atoms with Crippen LogP contribution < -0.4 is 5.73 Å². The lowest BCUT2D eigenvalue weighted by molar-refractivity contribution is 0.762. The van der Waals surface area contributed by atoms with E-state index in [4.69, 9.17) is 17.3 Å². The highest BCUT2D eigenvalue weighted by Crippen LogP contribution is 2.31. The van der Waals surface area contributed by atoms with Gasteiger partial charge in [0.05, 0.1) is 0 Å². The average molecular weight is 185 g/mol. The quantitative estimate of drug-likeness (QED) is 0.747. The Balaban J connectivity index is 2.18. The maximum absolute atomic E-state index is 5.61. The molecule has 1 aliphatic carbocycles. The minimum absolute atomic E-state index is 0.193. The average Bonchev–Trinajstić information content (AvgIpc) is 2.68. The van der Waals surface area contributed by atoms with Crippen molar-refractivity contribution in [3.63, 3.8) is 0 Å². The molecule has 0 saturated heterocycles. The molecule has 0 atom stereocenters. The largest absolute Gasteiger partial charge is 0.368 e. The minimum Gasteiger partial charge on any atom is -0.368 e. The molecule has 12 heavy (non-hydrogen) atoms. The van der Waals surface area contributed by atoms with Gasteiger partial charge < -0.3 is 5.73 Å². The molecule has 2 rings (SSSR count). The third-order valence-electron chi connectivity index (χ3n) is 1.84. The van der Waals surface area contributed by atoms with Gasteiger partial charge in [-0.1, -0.05) is 0 Å². The van der Waals surface area contributed by atoms with E-state index in [1.165, 1.54) is 12.8 Å². The van der Waals surface area contributed by atoms with E-state index in [1.807, 2.05) is 0 Å². The lowest BCUT2D eigenvalue weighted by Gasteiger charge is -1.98. The van der Waals surface area contributed by atoms with E-state index >= 15 is 0 Å². The summed E-state index contributed by atoms with van der Waals surface area (Å²) in [6, 6.07) is 0. The standard InChI is InChI=1S/C7H9ClN4/c8-6-10-5(3-4-1-2-4)11-7(9)12-6/h4H,1-3H2,(H2,9,10,11,12). The van der Waals surface area contributed by atoms with Gasteiger partial charge >= 0.3 is 0 Å². The van der Waals surface area contributed by atoms with Gasteiger partial charge in [-0.15, -0.1) is 0 Å². The molecule has 1 aromatic heterocycles. The SMILES string of the molecule is Nc1nc(Cl)nc(CC2CC2)n1. The summed E-state index contributed by atoms with van der Waals surface area (Å²) >= 11 is 5.61. The van der Waals surface area contributed by atoms with Crippen LogP contribution in [0.2, 0.25) is 5.28 Å². The highest BCUT2D eigenvalue weighted by atomic mass is 35.5. The lowest BCUT2D eigenvalue weighted by Crippen LogP contribution is -2.03. The summed E-state index contributed by atoms with van der Waals surface area (Å²) in [5.74, 6) is 1.67. The second-order valence-corrected chi connectivity index (χ2v) is 3.36. The summed E-state index contributed by atoms with van der Waals surface area (Å²) in [5, 5.41) is 0.193. The first kappa shape index (κ1) is 7.73. The first-order valence-electron chi connectivity index (χ1n) is 3.90. The maximum atomic E-state index is 5.61.